The summed E-state index contributed by atoms with van der Waals surface area (Å²) in [5.41, 5.74) is -1.32. The average Bonchev–Trinajstić information content (AvgIpc) is 2.99. The van der Waals surface area contributed by atoms with Gasteiger partial charge < -0.3 is 5.11 Å². The van der Waals surface area contributed by atoms with E-state index in [1.54, 1.807) is 6.92 Å². The van der Waals surface area contributed by atoms with Gasteiger partial charge in [-0.2, -0.15) is 9.40 Å². The molecule has 1 atom stereocenters. The highest BCUT2D eigenvalue weighted by atomic mass is 32.2. The van der Waals surface area contributed by atoms with E-state index in [0.717, 1.165) is 4.31 Å². The number of nitrogens with one attached hydrogen (secondary N) is 1. The zero-order valence-electron chi connectivity index (χ0n) is 9.96. The second kappa shape index (κ2) is 4.36. The van der Waals surface area contributed by atoms with Crippen molar-refractivity contribution in [3.8, 4) is 0 Å². The first kappa shape index (κ1) is 13.0. The highest BCUT2D eigenvalue weighted by molar-refractivity contribution is 7.89. The molecule has 1 saturated heterocycles. The van der Waals surface area contributed by atoms with E-state index in [9.17, 15) is 18.3 Å². The molecule has 1 aromatic rings. The van der Waals surface area contributed by atoms with Crippen LogP contribution in [0, 0.1) is 0 Å². The van der Waals surface area contributed by atoms with Crippen LogP contribution in [-0.4, -0.2) is 46.1 Å². The van der Waals surface area contributed by atoms with E-state index in [2.05, 4.69) is 10.2 Å². The van der Waals surface area contributed by atoms with E-state index >= 15 is 0 Å². The lowest BCUT2D eigenvalue weighted by Gasteiger charge is -2.32. The predicted molar refractivity (Wildman–Crippen MR) is 62.4 cm³/mol. The number of carboxylic acids is 1. The number of carboxylic acid groups (broad SMARTS) is 1. The summed E-state index contributed by atoms with van der Waals surface area (Å²) < 4.78 is 25.8. The van der Waals surface area contributed by atoms with Gasteiger partial charge in [0.05, 0.1) is 6.20 Å². The van der Waals surface area contributed by atoms with Gasteiger partial charge in [-0.25, -0.2) is 8.42 Å². The van der Waals surface area contributed by atoms with Crippen LogP contribution in [0.1, 0.15) is 26.2 Å². The Balaban J connectivity index is 2.47. The van der Waals surface area contributed by atoms with Gasteiger partial charge in [0.2, 0.25) is 10.0 Å². The highest BCUT2D eigenvalue weighted by Gasteiger charge is 2.52. The molecule has 2 heterocycles. The van der Waals surface area contributed by atoms with E-state index in [0.29, 0.717) is 12.8 Å². The Morgan fingerprint density at radius 2 is 2.39 bits per heavy atom. The summed E-state index contributed by atoms with van der Waals surface area (Å²) in [6, 6.07) is 0. The zero-order valence-corrected chi connectivity index (χ0v) is 10.8. The minimum absolute atomic E-state index is 0.00322. The smallest absolute Gasteiger partial charge is 0.325 e. The molecule has 0 spiro atoms. The number of H-pyrrole nitrogens is 1. The van der Waals surface area contributed by atoms with Crippen LogP contribution in [0.4, 0.5) is 0 Å². The number of hydrogen-bond donors (Lipinski definition) is 2. The fourth-order valence-electron chi connectivity index (χ4n) is 2.43. The maximum atomic E-state index is 12.4. The molecule has 0 amide bonds. The Hall–Kier alpha value is -1.41. The number of nitrogens with zero attached hydrogens (tertiary/aromatic N) is 2. The second-order valence-electron chi connectivity index (χ2n) is 4.31. The van der Waals surface area contributed by atoms with Gasteiger partial charge in [-0.1, -0.05) is 6.92 Å². The summed E-state index contributed by atoms with van der Waals surface area (Å²) in [6.07, 6.45) is 3.60. The summed E-state index contributed by atoms with van der Waals surface area (Å²) in [5, 5.41) is 15.4. The molecule has 0 aliphatic carbocycles. The summed E-state index contributed by atoms with van der Waals surface area (Å²) in [5.74, 6) is -1.09. The van der Waals surface area contributed by atoms with Crippen molar-refractivity contribution < 1.29 is 18.3 Å². The molecule has 0 saturated carbocycles. The molecule has 0 radical (unpaired) electrons. The minimum atomic E-state index is -3.80. The zero-order chi connectivity index (χ0) is 13.4. The van der Waals surface area contributed by atoms with Gasteiger partial charge >= 0.3 is 5.97 Å². The van der Waals surface area contributed by atoms with Gasteiger partial charge in [0.25, 0.3) is 0 Å². The molecule has 2 N–H and O–H groups in total. The van der Waals surface area contributed by atoms with Crippen molar-refractivity contribution in [1.82, 2.24) is 14.5 Å². The van der Waals surface area contributed by atoms with Crippen molar-refractivity contribution in [1.29, 1.82) is 0 Å². The van der Waals surface area contributed by atoms with Crippen molar-refractivity contribution in [2.75, 3.05) is 6.54 Å². The first-order chi connectivity index (χ1) is 8.45. The van der Waals surface area contributed by atoms with Crippen LogP contribution in [0.3, 0.4) is 0 Å². The van der Waals surface area contributed by atoms with E-state index in [1.807, 2.05) is 0 Å². The third kappa shape index (κ3) is 1.72. The summed E-state index contributed by atoms with van der Waals surface area (Å²) in [4.78, 5) is 11.5. The Bertz CT molecular complexity index is 539. The standard InChI is InChI=1S/C10H15N3O4S/c1-2-10(9(14)15)4-3-5-13(10)18(16,17)8-6-11-12-7-8/h6-7H,2-5H2,1H3,(H,11,12)(H,14,15). The Labute approximate surface area is 105 Å². The molecule has 1 aliphatic heterocycles. The van der Waals surface area contributed by atoms with Crippen molar-refractivity contribution in [2.24, 2.45) is 0 Å². The maximum Gasteiger partial charge on any atom is 0.325 e. The summed E-state index contributed by atoms with van der Waals surface area (Å²) >= 11 is 0. The number of carbonyl (C=O) groups is 1. The van der Waals surface area contributed by atoms with Crippen molar-refractivity contribution in [2.45, 2.75) is 36.6 Å². The highest BCUT2D eigenvalue weighted by Crippen LogP contribution is 2.37. The van der Waals surface area contributed by atoms with Gasteiger partial charge in [0.15, 0.2) is 0 Å². The van der Waals surface area contributed by atoms with Gasteiger partial charge in [0, 0.05) is 12.7 Å². The molecular weight excluding hydrogens is 258 g/mol. The van der Waals surface area contributed by atoms with E-state index < -0.39 is 21.5 Å². The van der Waals surface area contributed by atoms with Crippen molar-refractivity contribution in [3.63, 3.8) is 0 Å². The normalized spacial score (nSPS) is 25.4. The fourth-order valence-corrected chi connectivity index (χ4v) is 4.20. The Morgan fingerprint density at radius 1 is 1.67 bits per heavy atom. The quantitative estimate of drug-likeness (QED) is 0.827. The van der Waals surface area contributed by atoms with Crippen LogP contribution in [0.25, 0.3) is 0 Å². The monoisotopic (exact) mass is 273 g/mol. The Morgan fingerprint density at radius 3 is 2.89 bits per heavy atom. The van der Waals surface area contributed by atoms with E-state index in [-0.39, 0.29) is 17.9 Å². The number of aromatic amines is 1. The van der Waals surface area contributed by atoms with Gasteiger partial charge in [0.1, 0.15) is 10.4 Å². The van der Waals surface area contributed by atoms with Gasteiger partial charge in [-0.15, -0.1) is 0 Å². The van der Waals surface area contributed by atoms with E-state index in [4.69, 9.17) is 0 Å². The molecule has 0 aromatic carbocycles. The third-order valence-corrected chi connectivity index (χ3v) is 5.40. The van der Waals surface area contributed by atoms with Crippen LogP contribution in [-0.2, 0) is 14.8 Å². The summed E-state index contributed by atoms with van der Waals surface area (Å²) in [6.45, 7) is 1.92. The molecular formula is C10H15N3O4S. The molecule has 1 unspecified atom stereocenters. The number of sulfonamides is 1. The lowest BCUT2D eigenvalue weighted by molar-refractivity contribution is -0.147. The molecule has 1 aliphatic rings. The van der Waals surface area contributed by atoms with Crippen LogP contribution >= 0.6 is 0 Å². The number of rotatable bonds is 4. The topological polar surface area (TPSA) is 103 Å². The number of aliphatic carboxylic acids is 1. The molecule has 1 aromatic heterocycles. The van der Waals surface area contributed by atoms with Crippen molar-refractivity contribution in [3.05, 3.63) is 12.4 Å². The lowest BCUT2D eigenvalue weighted by Crippen LogP contribution is -2.52. The predicted octanol–water partition coefficient (Wildman–Crippen LogP) is 0.428. The molecule has 18 heavy (non-hydrogen) atoms. The average molecular weight is 273 g/mol. The fraction of sp³-hybridized carbons (Fsp3) is 0.600. The first-order valence-electron chi connectivity index (χ1n) is 5.70. The van der Waals surface area contributed by atoms with Crippen LogP contribution in [0.2, 0.25) is 0 Å². The molecule has 7 nitrogen and oxygen atoms in total. The molecule has 1 fully saturated rings. The first-order valence-corrected chi connectivity index (χ1v) is 7.14. The second-order valence-corrected chi connectivity index (χ2v) is 6.17. The van der Waals surface area contributed by atoms with Crippen LogP contribution in [0.15, 0.2) is 17.3 Å². The molecule has 8 heteroatoms. The van der Waals surface area contributed by atoms with E-state index in [1.165, 1.54) is 12.4 Å². The largest absolute Gasteiger partial charge is 0.480 e. The summed E-state index contributed by atoms with van der Waals surface area (Å²) in [7, 11) is -3.80. The lowest BCUT2D eigenvalue weighted by atomic mass is 9.95. The number of aromatic nitrogens is 2. The van der Waals surface area contributed by atoms with Crippen LogP contribution in [0.5, 0.6) is 0 Å². The minimum Gasteiger partial charge on any atom is -0.480 e. The molecule has 100 valence electrons. The maximum absolute atomic E-state index is 12.4. The van der Waals surface area contributed by atoms with Gasteiger partial charge in [-0.3, -0.25) is 9.89 Å². The van der Waals surface area contributed by atoms with Crippen molar-refractivity contribution >= 4 is 16.0 Å². The molecule has 2 rings (SSSR count). The van der Waals surface area contributed by atoms with Gasteiger partial charge in [-0.05, 0) is 19.3 Å². The molecule has 0 bridgehead atoms. The van der Waals surface area contributed by atoms with Crippen LogP contribution < -0.4 is 0 Å². The number of hydrogen-bond acceptors (Lipinski definition) is 4. The Kier molecular flexibility index (Phi) is 3.16. The third-order valence-electron chi connectivity index (χ3n) is 3.47. The SMILES string of the molecule is CCC1(C(=O)O)CCCN1S(=O)(=O)c1cn[nH]c1.